The van der Waals surface area contributed by atoms with Crippen molar-refractivity contribution in [2.75, 3.05) is 26.4 Å². The summed E-state index contributed by atoms with van der Waals surface area (Å²) in [6.45, 7) is -0.361. The van der Waals surface area contributed by atoms with Gasteiger partial charge in [-0.05, 0) is 24.1 Å². The Labute approximate surface area is 126 Å². The van der Waals surface area contributed by atoms with E-state index in [4.69, 9.17) is 16.3 Å². The van der Waals surface area contributed by atoms with Crippen molar-refractivity contribution in [3.63, 3.8) is 0 Å². The molecule has 2 rings (SSSR count). The Morgan fingerprint density at radius 2 is 2.00 bits per heavy atom. The molecule has 0 radical (unpaired) electrons. The lowest BCUT2D eigenvalue weighted by Gasteiger charge is -2.30. The third kappa shape index (κ3) is 6.22. The number of halogens is 4. The van der Waals surface area contributed by atoms with Gasteiger partial charge < -0.3 is 14.8 Å². The molecule has 0 saturated carbocycles. The van der Waals surface area contributed by atoms with Crippen molar-refractivity contribution in [3.8, 4) is 0 Å². The van der Waals surface area contributed by atoms with Crippen LogP contribution < -0.4 is 5.32 Å². The van der Waals surface area contributed by atoms with Crippen molar-refractivity contribution in [1.29, 1.82) is 0 Å². The molecule has 0 unspecified atom stereocenters. The quantitative estimate of drug-likeness (QED) is 0.904. The molecule has 1 saturated heterocycles. The third-order valence-electron chi connectivity index (χ3n) is 3.13. The zero-order chi connectivity index (χ0) is 15.3. The summed E-state index contributed by atoms with van der Waals surface area (Å²) in [5, 5.41) is 3.95. The summed E-state index contributed by atoms with van der Waals surface area (Å²) in [5.74, 6) is 0. The second-order valence-electron chi connectivity index (χ2n) is 5.02. The molecule has 3 nitrogen and oxygen atoms in total. The summed E-state index contributed by atoms with van der Waals surface area (Å²) in [7, 11) is 0. The summed E-state index contributed by atoms with van der Waals surface area (Å²) in [5.41, 5.74) is 1.13. The first-order chi connectivity index (χ1) is 9.92. The van der Waals surface area contributed by atoms with E-state index in [1.165, 1.54) is 0 Å². The smallest absolute Gasteiger partial charge is 0.373 e. The largest absolute Gasteiger partial charge is 0.411 e. The van der Waals surface area contributed by atoms with Crippen molar-refractivity contribution in [2.45, 2.75) is 24.7 Å². The van der Waals surface area contributed by atoms with Crippen LogP contribution in [0.3, 0.4) is 0 Å². The van der Waals surface area contributed by atoms with E-state index in [1.54, 1.807) is 0 Å². The average Bonchev–Trinajstić information content (AvgIpc) is 2.42. The van der Waals surface area contributed by atoms with Gasteiger partial charge in [-0.25, -0.2) is 0 Å². The Hall–Kier alpha value is -0.820. The summed E-state index contributed by atoms with van der Waals surface area (Å²) >= 11 is 5.82. The van der Waals surface area contributed by atoms with Crippen molar-refractivity contribution < 1.29 is 22.6 Å². The molecule has 1 aromatic rings. The highest BCUT2D eigenvalue weighted by Gasteiger charge is 2.29. The predicted molar refractivity (Wildman–Crippen MR) is 73.6 cm³/mol. The third-order valence-corrected chi connectivity index (χ3v) is 3.38. The summed E-state index contributed by atoms with van der Waals surface area (Å²) in [6.07, 6.45) is -3.85. The van der Waals surface area contributed by atoms with Gasteiger partial charge in [0, 0.05) is 17.6 Å². The zero-order valence-corrected chi connectivity index (χ0v) is 12.1. The molecular weight excluding hydrogens is 307 g/mol. The van der Waals surface area contributed by atoms with Crippen LogP contribution in [0.15, 0.2) is 24.3 Å². The van der Waals surface area contributed by atoms with Crippen molar-refractivity contribution in [2.24, 2.45) is 0 Å². The number of rotatable bonds is 5. The van der Waals surface area contributed by atoms with Crippen LogP contribution in [0, 0.1) is 0 Å². The standard InChI is InChI=1S/C14H17ClF3NO2/c15-11-3-1-10(2-4-11)5-12-7-21-13(6-19-12)8-20-9-14(16,17)18/h1-4,12-13,19H,5-9H2/t12-,13+/m0/s1. The second-order valence-corrected chi connectivity index (χ2v) is 5.46. The number of benzene rings is 1. The first-order valence-corrected chi connectivity index (χ1v) is 7.04. The van der Waals surface area contributed by atoms with E-state index in [0.29, 0.717) is 18.2 Å². The molecule has 7 heteroatoms. The summed E-state index contributed by atoms with van der Waals surface area (Å²) in [4.78, 5) is 0. The second kappa shape index (κ2) is 7.45. The number of hydrogen-bond donors (Lipinski definition) is 1. The molecule has 1 N–H and O–H groups in total. The van der Waals surface area contributed by atoms with Crippen LogP contribution in [0.4, 0.5) is 13.2 Å². The SMILES string of the molecule is FC(F)(F)COC[C@H]1CN[C@@H](Cc2ccc(Cl)cc2)CO1. The van der Waals surface area contributed by atoms with Crippen LogP contribution in [0.2, 0.25) is 5.02 Å². The fourth-order valence-electron chi connectivity index (χ4n) is 2.12. The van der Waals surface area contributed by atoms with Gasteiger partial charge in [0.2, 0.25) is 0 Å². The van der Waals surface area contributed by atoms with E-state index in [9.17, 15) is 13.2 Å². The Bertz CT molecular complexity index is 431. The van der Waals surface area contributed by atoms with Gasteiger partial charge in [0.1, 0.15) is 6.61 Å². The predicted octanol–water partition coefficient (Wildman–Crippen LogP) is 2.82. The number of morpholine rings is 1. The highest BCUT2D eigenvalue weighted by Crippen LogP contribution is 2.16. The molecule has 0 aromatic heterocycles. The maximum absolute atomic E-state index is 12.0. The number of alkyl halides is 3. The molecule has 118 valence electrons. The molecule has 1 aliphatic heterocycles. The monoisotopic (exact) mass is 323 g/mol. The van der Waals surface area contributed by atoms with E-state index < -0.39 is 12.8 Å². The van der Waals surface area contributed by atoms with Gasteiger partial charge in [0.15, 0.2) is 0 Å². The van der Waals surface area contributed by atoms with Crippen LogP contribution >= 0.6 is 11.6 Å². The highest BCUT2D eigenvalue weighted by molar-refractivity contribution is 6.30. The van der Waals surface area contributed by atoms with E-state index in [2.05, 4.69) is 10.1 Å². The van der Waals surface area contributed by atoms with Crippen LogP contribution in [-0.4, -0.2) is 44.7 Å². The van der Waals surface area contributed by atoms with E-state index in [-0.39, 0.29) is 18.8 Å². The van der Waals surface area contributed by atoms with Crippen LogP contribution in [0.25, 0.3) is 0 Å². The van der Waals surface area contributed by atoms with Gasteiger partial charge in [-0.1, -0.05) is 23.7 Å². The minimum atomic E-state index is -4.29. The van der Waals surface area contributed by atoms with E-state index in [1.807, 2.05) is 24.3 Å². The normalized spacial score (nSPS) is 23.2. The fourth-order valence-corrected chi connectivity index (χ4v) is 2.24. The van der Waals surface area contributed by atoms with Gasteiger partial charge in [0.25, 0.3) is 0 Å². The van der Waals surface area contributed by atoms with Gasteiger partial charge in [0.05, 0.1) is 19.3 Å². The van der Waals surface area contributed by atoms with Gasteiger partial charge >= 0.3 is 6.18 Å². The molecule has 21 heavy (non-hydrogen) atoms. The number of hydrogen-bond acceptors (Lipinski definition) is 3. The fraction of sp³-hybridized carbons (Fsp3) is 0.571. The lowest BCUT2D eigenvalue weighted by Crippen LogP contribution is -2.49. The Kier molecular flexibility index (Phi) is 5.87. The molecule has 0 spiro atoms. The highest BCUT2D eigenvalue weighted by atomic mass is 35.5. The Morgan fingerprint density at radius 3 is 2.57 bits per heavy atom. The lowest BCUT2D eigenvalue weighted by atomic mass is 10.1. The van der Waals surface area contributed by atoms with Crippen LogP contribution in [-0.2, 0) is 15.9 Å². The summed E-state index contributed by atoms with van der Waals surface area (Å²) in [6, 6.07) is 7.69. The molecule has 2 atom stereocenters. The lowest BCUT2D eigenvalue weighted by molar-refractivity contribution is -0.182. The maximum atomic E-state index is 12.0. The summed E-state index contributed by atoms with van der Waals surface area (Å²) < 4.78 is 46.0. The van der Waals surface area contributed by atoms with Crippen LogP contribution in [0.5, 0.6) is 0 Å². The topological polar surface area (TPSA) is 30.5 Å². The first-order valence-electron chi connectivity index (χ1n) is 6.66. The van der Waals surface area contributed by atoms with Gasteiger partial charge in [-0.2, -0.15) is 13.2 Å². The molecule has 1 aliphatic rings. The minimum Gasteiger partial charge on any atom is -0.373 e. The molecule has 0 amide bonds. The Morgan fingerprint density at radius 1 is 1.29 bits per heavy atom. The molecule has 1 heterocycles. The van der Waals surface area contributed by atoms with Crippen molar-refractivity contribution in [1.82, 2.24) is 5.32 Å². The molecule has 1 fully saturated rings. The molecule has 1 aromatic carbocycles. The number of nitrogens with one attached hydrogen (secondary N) is 1. The molecule has 0 aliphatic carbocycles. The Balaban J connectivity index is 1.67. The zero-order valence-electron chi connectivity index (χ0n) is 11.3. The van der Waals surface area contributed by atoms with Crippen molar-refractivity contribution in [3.05, 3.63) is 34.9 Å². The number of ether oxygens (including phenoxy) is 2. The van der Waals surface area contributed by atoms with E-state index >= 15 is 0 Å². The van der Waals surface area contributed by atoms with Crippen molar-refractivity contribution >= 4 is 11.6 Å². The molecular formula is C14H17ClF3NO2. The average molecular weight is 324 g/mol. The van der Waals surface area contributed by atoms with Crippen LogP contribution in [0.1, 0.15) is 5.56 Å². The van der Waals surface area contributed by atoms with Gasteiger partial charge in [-0.15, -0.1) is 0 Å². The maximum Gasteiger partial charge on any atom is 0.411 e. The molecule has 0 bridgehead atoms. The van der Waals surface area contributed by atoms with Gasteiger partial charge in [-0.3, -0.25) is 0 Å². The minimum absolute atomic E-state index is 0.0554. The van der Waals surface area contributed by atoms with E-state index in [0.717, 1.165) is 12.0 Å². The first kappa shape index (κ1) is 16.5.